The van der Waals surface area contributed by atoms with Crippen molar-refractivity contribution in [2.75, 3.05) is 23.0 Å². The number of allylic oxidation sites excluding steroid dienone is 1. The molecular weight excluding hydrogens is 505 g/mol. The predicted octanol–water partition coefficient (Wildman–Crippen LogP) is 8.35. The number of ketones is 1. The fraction of sp³-hybridized carbons (Fsp3) is 0.700. The molecule has 5 fully saturated rings. The zero-order valence-corrected chi connectivity index (χ0v) is 24.4. The highest BCUT2D eigenvalue weighted by molar-refractivity contribution is 8.21. The molecule has 6 aliphatic rings. The molecule has 0 amide bonds. The van der Waals surface area contributed by atoms with Crippen LogP contribution in [-0.2, 0) is 8.87 Å². The number of carbonyl (C=O) groups excluding carboxylic acids is 1. The number of thioether (sulfide) groups is 4. The number of hydrogen-bond acceptors (Lipinski definition) is 5. The molecule has 0 radical (unpaired) electrons. The van der Waals surface area contributed by atoms with Crippen molar-refractivity contribution in [3.63, 3.8) is 0 Å². The normalized spacial score (nSPS) is 41.4. The smallest absolute Gasteiger partial charge is 0.139 e. The first-order valence-corrected chi connectivity index (χ1v) is 17.8. The van der Waals surface area contributed by atoms with Crippen LogP contribution in [0, 0.1) is 29.1 Å². The van der Waals surface area contributed by atoms with Gasteiger partial charge in [0.1, 0.15) is 5.78 Å². The van der Waals surface area contributed by atoms with Gasteiger partial charge in [-0.25, -0.2) is 0 Å². The Labute approximate surface area is 228 Å². The van der Waals surface area contributed by atoms with E-state index in [0.29, 0.717) is 21.7 Å². The van der Waals surface area contributed by atoms with Crippen molar-refractivity contribution in [3.8, 4) is 0 Å². The molecule has 5 heteroatoms. The van der Waals surface area contributed by atoms with Crippen molar-refractivity contribution in [3.05, 3.63) is 47.0 Å². The zero-order valence-electron chi connectivity index (χ0n) is 21.1. The third-order valence-corrected chi connectivity index (χ3v) is 17.4. The van der Waals surface area contributed by atoms with E-state index in [1.165, 1.54) is 59.8 Å². The van der Waals surface area contributed by atoms with E-state index in [0.717, 1.165) is 37.0 Å². The van der Waals surface area contributed by atoms with E-state index in [9.17, 15) is 4.79 Å². The molecule has 35 heavy (non-hydrogen) atoms. The van der Waals surface area contributed by atoms with Gasteiger partial charge < -0.3 is 0 Å². The van der Waals surface area contributed by atoms with E-state index in [1.54, 1.807) is 5.57 Å². The summed E-state index contributed by atoms with van der Waals surface area (Å²) < 4.78 is 0.593. The highest BCUT2D eigenvalue weighted by Crippen LogP contribution is 2.66. The number of fused-ring (bicyclic) bond motifs is 5. The summed E-state index contributed by atoms with van der Waals surface area (Å²) in [5.41, 5.74) is 4.69. The van der Waals surface area contributed by atoms with Crippen LogP contribution in [-0.4, -0.2) is 32.9 Å². The Morgan fingerprint density at radius 2 is 1.54 bits per heavy atom. The molecule has 1 aromatic carbocycles. The van der Waals surface area contributed by atoms with Crippen LogP contribution in [0.1, 0.15) is 75.8 Å². The largest absolute Gasteiger partial charge is 0.299 e. The standard InChI is InChI=1S/C30H38OS4/c1-28-18-24(19-3-6-21(7-4-19)29(2)32-13-14-33-29)27-22-11-12-30(34-15-16-35-30)17-20(22)5-8-23(27)25(28)9-10-26(28)31/h3-4,6-7,17,22-25,27H,5,8-16,18H2,1-2H3/t22-,23-,24+,25-,27+,28-/m0/s1. The van der Waals surface area contributed by atoms with Crippen molar-refractivity contribution in [2.45, 2.75) is 72.9 Å². The lowest BCUT2D eigenvalue weighted by Gasteiger charge is -2.56. The molecule has 6 atom stereocenters. The lowest BCUT2D eigenvalue weighted by Crippen LogP contribution is -2.50. The van der Waals surface area contributed by atoms with Gasteiger partial charge in [0.15, 0.2) is 0 Å². The van der Waals surface area contributed by atoms with Crippen molar-refractivity contribution < 1.29 is 4.79 Å². The molecule has 2 saturated heterocycles. The maximum Gasteiger partial charge on any atom is 0.139 e. The summed E-state index contributed by atoms with van der Waals surface area (Å²) in [6.45, 7) is 4.75. The van der Waals surface area contributed by atoms with Gasteiger partial charge in [0.25, 0.3) is 0 Å². The first-order valence-electron chi connectivity index (χ1n) is 13.8. The van der Waals surface area contributed by atoms with E-state index >= 15 is 0 Å². The fourth-order valence-electron chi connectivity index (χ4n) is 8.97. The van der Waals surface area contributed by atoms with Crippen molar-refractivity contribution in [1.29, 1.82) is 0 Å². The van der Waals surface area contributed by atoms with Gasteiger partial charge in [0.05, 0.1) is 8.16 Å². The van der Waals surface area contributed by atoms with Crippen LogP contribution >= 0.6 is 47.0 Å². The SMILES string of the molecule is CC1(c2ccc([C@H]3C[C@]4(C)C(=O)CC[C@H]4[C@@H]4CCC5=CC6(CC[C@@H]5[C@H]43)SCCS6)cc2)SCCS1. The summed E-state index contributed by atoms with van der Waals surface area (Å²) in [5, 5.41) is 0. The quantitative estimate of drug-likeness (QED) is 0.348. The highest BCUT2D eigenvalue weighted by atomic mass is 32.2. The maximum absolute atomic E-state index is 13.3. The van der Waals surface area contributed by atoms with E-state index in [-0.39, 0.29) is 9.49 Å². The molecule has 1 aromatic rings. The van der Waals surface area contributed by atoms with Crippen molar-refractivity contribution in [2.24, 2.45) is 29.1 Å². The van der Waals surface area contributed by atoms with Gasteiger partial charge in [-0.1, -0.05) is 42.8 Å². The molecule has 188 valence electrons. The Morgan fingerprint density at radius 1 is 0.829 bits per heavy atom. The van der Waals surface area contributed by atoms with Crippen LogP contribution < -0.4 is 0 Å². The van der Waals surface area contributed by atoms with Gasteiger partial charge in [-0.2, -0.15) is 0 Å². The third kappa shape index (κ3) is 3.79. The number of hydrogen-bond donors (Lipinski definition) is 0. The summed E-state index contributed by atoms with van der Waals surface area (Å²) in [6, 6.07) is 9.80. The first-order chi connectivity index (χ1) is 16.9. The Morgan fingerprint density at radius 3 is 2.29 bits per heavy atom. The summed E-state index contributed by atoms with van der Waals surface area (Å²) in [6.07, 6.45) is 11.1. The summed E-state index contributed by atoms with van der Waals surface area (Å²) in [5.74, 6) is 9.05. The van der Waals surface area contributed by atoms with Crippen LogP contribution in [0.5, 0.6) is 0 Å². The van der Waals surface area contributed by atoms with Gasteiger partial charge in [-0.05, 0) is 86.2 Å². The second-order valence-corrected chi connectivity index (χ2v) is 18.6. The van der Waals surface area contributed by atoms with Gasteiger partial charge in [-0.15, -0.1) is 47.0 Å². The average Bonchev–Trinajstić information content (AvgIpc) is 3.59. The van der Waals surface area contributed by atoms with E-state index in [4.69, 9.17) is 0 Å². The first kappa shape index (κ1) is 24.1. The topological polar surface area (TPSA) is 17.1 Å². The second kappa shape index (κ2) is 8.78. The average molecular weight is 543 g/mol. The number of carbonyl (C=O) groups is 1. The molecule has 1 nitrogen and oxygen atoms in total. The molecule has 3 saturated carbocycles. The number of Topliss-reactive ketones (excluding diaryl/α,β-unsaturated/α-hetero) is 1. The Bertz CT molecular complexity index is 1030. The minimum absolute atomic E-state index is 0.0953. The lowest BCUT2D eigenvalue weighted by atomic mass is 9.48. The van der Waals surface area contributed by atoms with Crippen molar-refractivity contribution >= 4 is 52.8 Å². The Balaban J connectivity index is 1.26. The molecular formula is C30H38OS4. The summed E-state index contributed by atoms with van der Waals surface area (Å²) in [7, 11) is 0. The molecule has 0 aromatic heterocycles. The zero-order chi connectivity index (χ0) is 23.8. The maximum atomic E-state index is 13.3. The molecule has 0 bridgehead atoms. The van der Waals surface area contributed by atoms with Crippen LogP contribution in [0.2, 0.25) is 0 Å². The van der Waals surface area contributed by atoms with Gasteiger partial charge >= 0.3 is 0 Å². The minimum Gasteiger partial charge on any atom is -0.299 e. The van der Waals surface area contributed by atoms with E-state index in [1.807, 2.05) is 0 Å². The Kier molecular flexibility index (Phi) is 6.04. The lowest BCUT2D eigenvalue weighted by molar-refractivity contribution is -0.132. The molecule has 1 spiro atoms. The minimum atomic E-state index is -0.0953. The van der Waals surface area contributed by atoms with Crippen LogP contribution in [0.25, 0.3) is 0 Å². The molecule has 7 rings (SSSR count). The summed E-state index contributed by atoms with van der Waals surface area (Å²) in [4.78, 5) is 13.3. The van der Waals surface area contributed by atoms with Crippen LogP contribution in [0.4, 0.5) is 0 Å². The van der Waals surface area contributed by atoms with E-state index < -0.39 is 0 Å². The monoisotopic (exact) mass is 542 g/mol. The molecule has 0 N–H and O–H groups in total. The molecule has 0 unspecified atom stereocenters. The third-order valence-electron chi connectivity index (χ3n) is 10.7. The second-order valence-electron chi connectivity index (χ2n) is 12.2. The van der Waals surface area contributed by atoms with Crippen LogP contribution in [0.15, 0.2) is 35.9 Å². The number of rotatable bonds is 2. The van der Waals surface area contributed by atoms with Gasteiger partial charge in [-0.3, -0.25) is 4.79 Å². The number of benzene rings is 1. The fourth-order valence-corrected chi connectivity index (χ4v) is 15.0. The Hall–Kier alpha value is 0.0300. The molecule has 2 aliphatic heterocycles. The highest BCUT2D eigenvalue weighted by Gasteiger charge is 2.60. The molecule has 2 heterocycles. The van der Waals surface area contributed by atoms with Crippen molar-refractivity contribution in [1.82, 2.24) is 0 Å². The molecule has 4 aliphatic carbocycles. The predicted molar refractivity (Wildman–Crippen MR) is 157 cm³/mol. The summed E-state index contributed by atoms with van der Waals surface area (Å²) >= 11 is 8.63. The van der Waals surface area contributed by atoms with Gasteiger partial charge in [0, 0.05) is 34.8 Å². The van der Waals surface area contributed by atoms with Gasteiger partial charge in [0.2, 0.25) is 0 Å². The van der Waals surface area contributed by atoms with E-state index in [2.05, 4.69) is 91.2 Å². The van der Waals surface area contributed by atoms with Crippen LogP contribution in [0.3, 0.4) is 0 Å².